The molecule has 0 saturated heterocycles. The van der Waals surface area contributed by atoms with Crippen LogP contribution in [0, 0.1) is 10.1 Å². The first-order valence-corrected chi connectivity index (χ1v) is 8.28. The van der Waals surface area contributed by atoms with Gasteiger partial charge in [-0.2, -0.15) is 0 Å². The molecule has 1 aromatic heterocycles. The smallest absolute Gasteiger partial charge is 0.388 e. The molecule has 2 N–H and O–H groups in total. The molecule has 0 saturated carbocycles. The average Bonchev–Trinajstić information content (AvgIpc) is 3.01. The summed E-state index contributed by atoms with van der Waals surface area (Å²) in [6.45, 7) is 0. The summed E-state index contributed by atoms with van der Waals surface area (Å²) in [4.78, 5) is 20.9. The van der Waals surface area contributed by atoms with Crippen molar-refractivity contribution in [2.45, 2.75) is 4.90 Å². The van der Waals surface area contributed by atoms with E-state index in [0.29, 0.717) is 0 Å². The van der Waals surface area contributed by atoms with Crippen LogP contribution in [0.4, 0.5) is 11.4 Å². The van der Waals surface area contributed by atoms with E-state index in [9.17, 15) is 23.3 Å². The van der Waals surface area contributed by atoms with Gasteiger partial charge >= 0.3 is 5.76 Å². The fraction of sp³-hybridized carbons (Fsp3) is 0. The van der Waals surface area contributed by atoms with Gasteiger partial charge in [-0.3, -0.25) is 14.8 Å². The Morgan fingerprint density at radius 3 is 2.48 bits per heavy atom. The number of benzene rings is 2. The summed E-state index contributed by atoms with van der Waals surface area (Å²) in [7, 11) is -4.26. The van der Waals surface area contributed by atoms with E-state index in [1.54, 1.807) is 12.1 Å². The molecule has 0 unspecified atom stereocenters. The molecule has 10 nitrogen and oxygen atoms in total. The summed E-state index contributed by atoms with van der Waals surface area (Å²) in [5, 5.41) is 16.8. The predicted molar refractivity (Wildman–Crippen MR) is 86.5 cm³/mol. The average molecular weight is 362 g/mol. The van der Waals surface area contributed by atoms with Gasteiger partial charge in [-0.1, -0.05) is 24.3 Å². The van der Waals surface area contributed by atoms with Crippen LogP contribution in [0.2, 0.25) is 0 Å². The van der Waals surface area contributed by atoms with Crippen LogP contribution >= 0.6 is 0 Å². The minimum atomic E-state index is -4.26. The van der Waals surface area contributed by atoms with E-state index in [-0.39, 0.29) is 17.1 Å². The maximum Gasteiger partial charge on any atom is 0.434 e. The Hall–Kier alpha value is -3.47. The molecule has 0 aliphatic heterocycles. The number of aromatic amines is 1. The summed E-state index contributed by atoms with van der Waals surface area (Å²) in [6.07, 6.45) is 0. The normalized spacial score (nSPS) is 11.2. The second-order valence-corrected chi connectivity index (χ2v) is 6.45. The monoisotopic (exact) mass is 362 g/mol. The second kappa shape index (κ2) is 6.20. The van der Waals surface area contributed by atoms with Crippen LogP contribution in [-0.4, -0.2) is 23.5 Å². The summed E-state index contributed by atoms with van der Waals surface area (Å²) >= 11 is 0. The molecule has 11 heteroatoms. The van der Waals surface area contributed by atoms with Crippen molar-refractivity contribution in [3.05, 3.63) is 69.2 Å². The Morgan fingerprint density at radius 2 is 1.80 bits per heavy atom. The van der Waals surface area contributed by atoms with Crippen molar-refractivity contribution in [2.75, 3.05) is 4.72 Å². The van der Waals surface area contributed by atoms with Crippen molar-refractivity contribution < 1.29 is 17.8 Å². The second-order valence-electron chi connectivity index (χ2n) is 4.79. The van der Waals surface area contributed by atoms with E-state index in [1.807, 2.05) is 0 Å². The highest BCUT2D eigenvalue weighted by Gasteiger charge is 2.26. The Morgan fingerprint density at radius 1 is 1.12 bits per heavy atom. The molecular weight excluding hydrogens is 352 g/mol. The van der Waals surface area contributed by atoms with Gasteiger partial charge in [0, 0.05) is 6.07 Å². The van der Waals surface area contributed by atoms with Gasteiger partial charge in [-0.25, -0.2) is 18.3 Å². The Kier molecular flexibility index (Phi) is 4.07. The molecule has 3 aromatic rings. The first-order chi connectivity index (χ1) is 11.9. The molecule has 128 valence electrons. The Balaban J connectivity index is 2.06. The highest BCUT2D eigenvalue weighted by molar-refractivity contribution is 7.92. The number of H-pyrrole nitrogens is 1. The standard InChI is InChI=1S/C14H10N4O6S/c19-14-16-15-13(24-14)9-5-1-2-6-10(9)17-25(22,23)12-8-4-3-7-11(12)18(20)21/h1-8,17H,(H,16,19). The summed E-state index contributed by atoms with van der Waals surface area (Å²) < 4.78 is 32.2. The van der Waals surface area contributed by atoms with Crippen LogP contribution < -0.4 is 10.5 Å². The lowest BCUT2D eigenvalue weighted by Gasteiger charge is -2.10. The molecule has 0 aliphatic rings. The first kappa shape index (κ1) is 16.4. The van der Waals surface area contributed by atoms with Crippen molar-refractivity contribution >= 4 is 21.4 Å². The number of nitrogens with one attached hydrogen (secondary N) is 2. The molecule has 0 fully saturated rings. The zero-order valence-corrected chi connectivity index (χ0v) is 13.2. The van der Waals surface area contributed by atoms with Crippen LogP contribution in [0.1, 0.15) is 0 Å². The van der Waals surface area contributed by atoms with Crippen molar-refractivity contribution in [1.29, 1.82) is 0 Å². The lowest BCUT2D eigenvalue weighted by Crippen LogP contribution is -2.15. The predicted octanol–water partition coefficient (Wildman–Crippen LogP) is 1.74. The SMILES string of the molecule is O=c1[nH]nc(-c2ccccc2NS(=O)(=O)c2ccccc2[N+](=O)[O-])o1. The molecule has 0 radical (unpaired) electrons. The maximum atomic E-state index is 12.6. The van der Waals surface area contributed by atoms with Gasteiger partial charge in [0.1, 0.15) is 0 Å². The molecular formula is C14H10N4O6S. The quantitative estimate of drug-likeness (QED) is 0.518. The molecule has 0 atom stereocenters. The summed E-state index contributed by atoms with van der Waals surface area (Å²) in [5.74, 6) is -0.919. The van der Waals surface area contributed by atoms with Gasteiger partial charge < -0.3 is 4.42 Å². The summed E-state index contributed by atoms with van der Waals surface area (Å²) in [6, 6.07) is 11.0. The van der Waals surface area contributed by atoms with E-state index in [0.717, 1.165) is 12.1 Å². The first-order valence-electron chi connectivity index (χ1n) is 6.79. The Labute approximate surface area is 140 Å². The van der Waals surface area contributed by atoms with E-state index >= 15 is 0 Å². The number of sulfonamides is 1. The highest BCUT2D eigenvalue weighted by atomic mass is 32.2. The summed E-state index contributed by atoms with van der Waals surface area (Å²) in [5.41, 5.74) is -0.308. The molecule has 0 aliphatic carbocycles. The molecule has 0 bridgehead atoms. The lowest BCUT2D eigenvalue weighted by atomic mass is 10.2. The fourth-order valence-electron chi connectivity index (χ4n) is 2.14. The number of anilines is 1. The van der Waals surface area contributed by atoms with Crippen LogP contribution in [0.25, 0.3) is 11.5 Å². The van der Waals surface area contributed by atoms with Gasteiger partial charge in [-0.05, 0) is 18.2 Å². The van der Waals surface area contributed by atoms with Crippen LogP contribution in [0.3, 0.4) is 0 Å². The van der Waals surface area contributed by atoms with Crippen LogP contribution in [-0.2, 0) is 10.0 Å². The largest absolute Gasteiger partial charge is 0.434 e. The van der Waals surface area contributed by atoms with Gasteiger partial charge in [-0.15, -0.1) is 5.10 Å². The zero-order valence-electron chi connectivity index (χ0n) is 12.4. The highest BCUT2D eigenvalue weighted by Crippen LogP contribution is 2.30. The van der Waals surface area contributed by atoms with Gasteiger partial charge in [0.25, 0.3) is 21.6 Å². The third-order valence-corrected chi connectivity index (χ3v) is 4.60. The number of aromatic nitrogens is 2. The number of hydrogen-bond acceptors (Lipinski definition) is 7. The topological polar surface area (TPSA) is 148 Å². The maximum absolute atomic E-state index is 12.6. The van der Waals surface area contributed by atoms with Gasteiger partial charge in [0.05, 0.1) is 16.2 Å². The fourth-order valence-corrected chi connectivity index (χ4v) is 3.39. The van der Waals surface area contributed by atoms with E-state index in [2.05, 4.69) is 14.9 Å². The number of rotatable bonds is 5. The van der Waals surface area contributed by atoms with Crippen LogP contribution in [0.15, 0.2) is 62.6 Å². The minimum Gasteiger partial charge on any atom is -0.388 e. The Bertz CT molecular complexity index is 1100. The lowest BCUT2D eigenvalue weighted by molar-refractivity contribution is -0.387. The van der Waals surface area contributed by atoms with Crippen molar-refractivity contribution in [2.24, 2.45) is 0 Å². The number of nitro benzene ring substituents is 1. The van der Waals surface area contributed by atoms with E-state index in [1.165, 1.54) is 24.3 Å². The van der Waals surface area contributed by atoms with Crippen molar-refractivity contribution in [3.63, 3.8) is 0 Å². The minimum absolute atomic E-state index is 0.0518. The van der Waals surface area contributed by atoms with Gasteiger partial charge in [0.2, 0.25) is 0 Å². The third-order valence-electron chi connectivity index (χ3n) is 3.19. The molecule has 1 heterocycles. The molecule has 25 heavy (non-hydrogen) atoms. The van der Waals surface area contributed by atoms with Gasteiger partial charge in [0.15, 0.2) is 4.90 Å². The zero-order chi connectivity index (χ0) is 18.0. The number of nitro groups is 1. The number of hydrogen-bond donors (Lipinski definition) is 2. The number of para-hydroxylation sites is 2. The molecule has 3 rings (SSSR count). The van der Waals surface area contributed by atoms with Crippen LogP contribution in [0.5, 0.6) is 0 Å². The third kappa shape index (κ3) is 3.26. The molecule has 0 spiro atoms. The molecule has 2 aromatic carbocycles. The van der Waals surface area contributed by atoms with E-state index < -0.39 is 31.3 Å². The molecule has 0 amide bonds. The van der Waals surface area contributed by atoms with Crippen molar-refractivity contribution in [3.8, 4) is 11.5 Å². The number of nitrogens with zero attached hydrogens (tertiary/aromatic N) is 2. The van der Waals surface area contributed by atoms with Crippen molar-refractivity contribution in [1.82, 2.24) is 10.2 Å². The van der Waals surface area contributed by atoms with E-state index in [4.69, 9.17) is 4.42 Å².